The number of hydrogen-bond donors (Lipinski definition) is 6. The average molecular weight is 601 g/mol. The Balaban J connectivity index is 2.01. The minimum atomic E-state index is -1.27. The summed E-state index contributed by atoms with van der Waals surface area (Å²) in [6.07, 6.45) is -0.679. The van der Waals surface area contributed by atoms with E-state index in [1.54, 1.807) is 24.3 Å². The van der Waals surface area contributed by atoms with Crippen LogP contribution < -0.4 is 21.3 Å². The van der Waals surface area contributed by atoms with E-state index in [9.17, 15) is 24.0 Å². The predicted molar refractivity (Wildman–Crippen MR) is 161 cm³/mol. The Hall–Kier alpha value is -4.06. The first-order valence-electron chi connectivity index (χ1n) is 13.8. The van der Waals surface area contributed by atoms with Crippen molar-refractivity contribution in [3.05, 3.63) is 71.8 Å². The number of ether oxygens (including phenoxy) is 1. The van der Waals surface area contributed by atoms with Crippen molar-refractivity contribution in [1.82, 2.24) is 21.3 Å². The minimum Gasteiger partial charge on any atom is -0.481 e. The zero-order valence-electron chi connectivity index (χ0n) is 23.9. The molecule has 12 heteroatoms. The highest BCUT2D eigenvalue weighted by Gasteiger charge is 2.30. The number of benzene rings is 2. The van der Waals surface area contributed by atoms with Crippen molar-refractivity contribution in [2.24, 2.45) is 5.92 Å². The van der Waals surface area contributed by atoms with E-state index in [0.717, 1.165) is 11.1 Å². The Labute approximate surface area is 251 Å². The quantitative estimate of drug-likeness (QED) is 0.152. The predicted octanol–water partition coefficient (Wildman–Crippen LogP) is 2.45. The Morgan fingerprint density at radius 2 is 1.36 bits per heavy atom. The van der Waals surface area contributed by atoms with E-state index < -0.39 is 54.3 Å². The van der Waals surface area contributed by atoms with E-state index in [-0.39, 0.29) is 31.1 Å². The summed E-state index contributed by atoms with van der Waals surface area (Å²) in [6, 6.07) is 15.3. The number of aliphatic carboxylic acids is 1. The van der Waals surface area contributed by atoms with Crippen LogP contribution in [-0.4, -0.2) is 65.3 Å². The van der Waals surface area contributed by atoms with Gasteiger partial charge in [-0.2, -0.15) is 12.6 Å². The molecule has 0 saturated heterocycles. The molecule has 0 aliphatic carbocycles. The number of amides is 4. The number of carboxylic acid groups (broad SMARTS) is 1. The molecule has 5 N–H and O–H groups in total. The second-order valence-corrected chi connectivity index (χ2v) is 10.5. The van der Waals surface area contributed by atoms with Gasteiger partial charge >= 0.3 is 12.1 Å². The fourth-order valence-corrected chi connectivity index (χ4v) is 4.24. The smallest absolute Gasteiger partial charge is 0.408 e. The van der Waals surface area contributed by atoms with Crippen LogP contribution in [0.5, 0.6) is 0 Å². The summed E-state index contributed by atoms with van der Waals surface area (Å²) in [5.74, 6) is -2.90. The van der Waals surface area contributed by atoms with E-state index in [1.165, 1.54) is 0 Å². The third-order valence-corrected chi connectivity index (χ3v) is 6.54. The van der Waals surface area contributed by atoms with Gasteiger partial charge in [0.15, 0.2) is 0 Å². The van der Waals surface area contributed by atoms with Gasteiger partial charge in [-0.25, -0.2) is 4.79 Å². The molecule has 2 aromatic rings. The number of alkyl carbamates (subject to hydrolysis) is 1. The summed E-state index contributed by atoms with van der Waals surface area (Å²) in [6.45, 7) is 4.04. The second kappa shape index (κ2) is 18.4. The average Bonchev–Trinajstić information content (AvgIpc) is 2.97. The lowest BCUT2D eigenvalue weighted by atomic mass is 10.0. The van der Waals surface area contributed by atoms with Crippen LogP contribution in [0.4, 0.5) is 4.79 Å². The molecule has 3 atom stereocenters. The molecule has 0 heterocycles. The number of thiol groups is 1. The third-order valence-electron chi connectivity index (χ3n) is 6.18. The van der Waals surface area contributed by atoms with Crippen LogP contribution in [0, 0.1) is 5.92 Å². The number of carbonyl (C=O) groups excluding carboxylic acids is 4. The van der Waals surface area contributed by atoms with Gasteiger partial charge < -0.3 is 31.1 Å². The van der Waals surface area contributed by atoms with Crippen LogP contribution in [0.1, 0.15) is 44.2 Å². The third kappa shape index (κ3) is 13.1. The molecule has 0 spiro atoms. The molecule has 2 aromatic carbocycles. The lowest BCUT2D eigenvalue weighted by Crippen LogP contribution is -2.57. The van der Waals surface area contributed by atoms with Crippen LogP contribution >= 0.6 is 12.6 Å². The highest BCUT2D eigenvalue weighted by atomic mass is 32.1. The van der Waals surface area contributed by atoms with Gasteiger partial charge in [0.25, 0.3) is 0 Å². The Morgan fingerprint density at radius 1 is 0.786 bits per heavy atom. The Morgan fingerprint density at radius 3 is 1.93 bits per heavy atom. The molecule has 0 aliphatic heterocycles. The Kier molecular flexibility index (Phi) is 14.9. The first-order chi connectivity index (χ1) is 20.1. The summed E-state index contributed by atoms with van der Waals surface area (Å²) in [5.41, 5.74) is 1.79. The van der Waals surface area contributed by atoms with Gasteiger partial charge in [0.1, 0.15) is 24.7 Å². The lowest BCUT2D eigenvalue weighted by Gasteiger charge is -2.25. The van der Waals surface area contributed by atoms with Gasteiger partial charge in [0.2, 0.25) is 17.7 Å². The molecule has 0 aromatic heterocycles. The van der Waals surface area contributed by atoms with E-state index in [2.05, 4.69) is 33.9 Å². The maximum Gasteiger partial charge on any atom is 0.408 e. The molecule has 0 saturated carbocycles. The van der Waals surface area contributed by atoms with Crippen molar-refractivity contribution in [1.29, 1.82) is 0 Å². The van der Waals surface area contributed by atoms with Crippen LogP contribution in [0.3, 0.4) is 0 Å². The largest absolute Gasteiger partial charge is 0.481 e. The van der Waals surface area contributed by atoms with E-state index >= 15 is 0 Å². The molecule has 4 amide bonds. The van der Waals surface area contributed by atoms with Gasteiger partial charge in [-0.1, -0.05) is 74.5 Å². The molecule has 42 heavy (non-hydrogen) atoms. The molecule has 0 aliphatic rings. The highest BCUT2D eigenvalue weighted by Crippen LogP contribution is 2.09. The van der Waals surface area contributed by atoms with Crippen LogP contribution in [-0.2, 0) is 36.9 Å². The van der Waals surface area contributed by atoms with Crippen molar-refractivity contribution >= 4 is 42.4 Å². The first-order valence-corrected chi connectivity index (χ1v) is 14.4. The summed E-state index contributed by atoms with van der Waals surface area (Å²) in [5, 5.41) is 19.6. The van der Waals surface area contributed by atoms with Gasteiger partial charge in [-0.05, 0) is 36.3 Å². The molecule has 11 nitrogen and oxygen atoms in total. The first kappa shape index (κ1) is 34.1. The monoisotopic (exact) mass is 600 g/mol. The van der Waals surface area contributed by atoms with Crippen molar-refractivity contribution < 1.29 is 33.8 Å². The van der Waals surface area contributed by atoms with E-state index in [1.807, 2.05) is 50.2 Å². The Bertz CT molecular complexity index is 1160. The summed E-state index contributed by atoms with van der Waals surface area (Å²) in [4.78, 5) is 62.7. The zero-order valence-corrected chi connectivity index (χ0v) is 24.8. The van der Waals surface area contributed by atoms with Crippen molar-refractivity contribution in [2.75, 3.05) is 12.3 Å². The molecular weight excluding hydrogens is 560 g/mol. The molecule has 0 radical (unpaired) electrons. The normalized spacial score (nSPS) is 12.9. The zero-order chi connectivity index (χ0) is 30.9. The maximum atomic E-state index is 13.2. The fraction of sp³-hybridized carbons (Fsp3) is 0.433. The minimum absolute atomic E-state index is 0.0172. The molecule has 228 valence electrons. The van der Waals surface area contributed by atoms with Crippen LogP contribution in [0.25, 0.3) is 0 Å². The van der Waals surface area contributed by atoms with Gasteiger partial charge in [0, 0.05) is 18.7 Å². The van der Waals surface area contributed by atoms with Gasteiger partial charge in [0.05, 0.1) is 0 Å². The van der Waals surface area contributed by atoms with E-state index in [0.29, 0.717) is 13.0 Å². The van der Waals surface area contributed by atoms with Crippen LogP contribution in [0.2, 0.25) is 0 Å². The standard InChI is InChI=1S/C30H40N4O7S/c1-20(2)17-24(29(39)33-25(19-42)27(37)31-16-15-21-9-5-3-6-10-21)32-28(38)23(13-14-26(35)36)34-30(40)41-18-22-11-7-4-8-12-22/h3-12,20,23-25,42H,13-19H2,1-2H3,(H,31,37)(H,32,38)(H,33,39)(H,34,40)(H,35,36)/t23?,24-,25?/m0/s1. The number of nitrogens with one attached hydrogen (secondary N) is 4. The van der Waals surface area contributed by atoms with Gasteiger partial charge in [-0.15, -0.1) is 0 Å². The molecule has 0 bridgehead atoms. The summed E-state index contributed by atoms with van der Waals surface area (Å²) >= 11 is 4.21. The van der Waals surface area contributed by atoms with Crippen molar-refractivity contribution in [3.63, 3.8) is 0 Å². The highest BCUT2D eigenvalue weighted by molar-refractivity contribution is 7.80. The number of carboxylic acids is 1. The molecular formula is C30H40N4O7S. The number of rotatable bonds is 17. The fourth-order valence-electron chi connectivity index (χ4n) is 3.98. The topological polar surface area (TPSA) is 163 Å². The molecule has 2 rings (SSSR count). The molecule has 2 unspecified atom stereocenters. The van der Waals surface area contributed by atoms with Gasteiger partial charge in [-0.3, -0.25) is 19.2 Å². The maximum absolute atomic E-state index is 13.2. The summed E-state index contributed by atoms with van der Waals surface area (Å²) in [7, 11) is 0. The molecule has 0 fully saturated rings. The van der Waals surface area contributed by atoms with Crippen LogP contribution in [0.15, 0.2) is 60.7 Å². The van der Waals surface area contributed by atoms with E-state index in [4.69, 9.17) is 9.84 Å². The lowest BCUT2D eigenvalue weighted by molar-refractivity contribution is -0.137. The van der Waals surface area contributed by atoms with Crippen molar-refractivity contribution in [2.45, 2.75) is 64.3 Å². The number of hydrogen-bond acceptors (Lipinski definition) is 7. The second-order valence-electron chi connectivity index (χ2n) is 10.2. The summed E-state index contributed by atoms with van der Waals surface area (Å²) < 4.78 is 5.18. The SMILES string of the molecule is CC(C)C[C@H](NC(=O)C(CCC(=O)O)NC(=O)OCc1ccccc1)C(=O)NC(CS)C(=O)NCCc1ccccc1. The number of carbonyl (C=O) groups is 5. The van der Waals surface area contributed by atoms with Crippen molar-refractivity contribution in [3.8, 4) is 0 Å².